The molecule has 1 fully saturated rings. The summed E-state index contributed by atoms with van der Waals surface area (Å²) in [6, 6.07) is 5.52. The zero-order chi connectivity index (χ0) is 13.7. The van der Waals surface area contributed by atoms with E-state index < -0.39 is 0 Å². The monoisotopic (exact) mass is 267 g/mol. The van der Waals surface area contributed by atoms with E-state index in [0.717, 1.165) is 25.9 Å². The summed E-state index contributed by atoms with van der Waals surface area (Å²) in [5, 5.41) is 3.25. The van der Waals surface area contributed by atoms with E-state index in [9.17, 15) is 4.39 Å². The van der Waals surface area contributed by atoms with Gasteiger partial charge in [-0.2, -0.15) is 0 Å². The molecule has 0 aromatic heterocycles. The van der Waals surface area contributed by atoms with Gasteiger partial charge in [0.05, 0.1) is 13.2 Å². The number of nitrogens with one attached hydrogen (secondary N) is 1. The van der Waals surface area contributed by atoms with E-state index in [-0.39, 0.29) is 11.9 Å². The second kappa shape index (κ2) is 6.87. The molecule has 2 rings (SSSR count). The predicted molar refractivity (Wildman–Crippen MR) is 73.1 cm³/mol. The van der Waals surface area contributed by atoms with Crippen molar-refractivity contribution < 1.29 is 13.9 Å². The minimum Gasteiger partial charge on any atom is -0.494 e. The Morgan fingerprint density at radius 2 is 2.37 bits per heavy atom. The highest BCUT2D eigenvalue weighted by Crippen LogP contribution is 2.23. The average molecular weight is 267 g/mol. The summed E-state index contributed by atoms with van der Waals surface area (Å²) in [4.78, 5) is 0. The van der Waals surface area contributed by atoms with Gasteiger partial charge >= 0.3 is 0 Å². The van der Waals surface area contributed by atoms with Crippen LogP contribution in [0.1, 0.15) is 24.8 Å². The van der Waals surface area contributed by atoms with Crippen molar-refractivity contribution in [2.24, 2.45) is 0 Å². The van der Waals surface area contributed by atoms with E-state index in [1.54, 1.807) is 6.07 Å². The number of likely N-dealkylation sites (N-methyl/N-ethyl adjacent to an activating group) is 1. The minimum atomic E-state index is -0.252. The van der Waals surface area contributed by atoms with Crippen molar-refractivity contribution in [2.75, 3.05) is 20.8 Å². The summed E-state index contributed by atoms with van der Waals surface area (Å²) in [5.41, 5.74) is 0.691. The summed E-state index contributed by atoms with van der Waals surface area (Å²) in [6.07, 6.45) is 4.13. The normalized spacial score (nSPS) is 20.5. The van der Waals surface area contributed by atoms with Crippen LogP contribution in [-0.2, 0) is 11.2 Å². The molecule has 1 aliphatic heterocycles. The SMILES string of the molecule is CNC(Cc1cccc(OC)c1F)CC1CCCO1. The smallest absolute Gasteiger partial charge is 0.168 e. The van der Waals surface area contributed by atoms with E-state index >= 15 is 0 Å². The maximum absolute atomic E-state index is 14.1. The van der Waals surface area contributed by atoms with E-state index in [1.165, 1.54) is 7.11 Å². The third kappa shape index (κ3) is 3.67. The molecule has 0 spiro atoms. The van der Waals surface area contributed by atoms with Gasteiger partial charge in [-0.15, -0.1) is 0 Å². The highest BCUT2D eigenvalue weighted by molar-refractivity contribution is 5.31. The first-order valence-electron chi connectivity index (χ1n) is 6.84. The van der Waals surface area contributed by atoms with Gasteiger partial charge in [0.1, 0.15) is 0 Å². The maximum atomic E-state index is 14.1. The van der Waals surface area contributed by atoms with Crippen LogP contribution in [0.15, 0.2) is 18.2 Å². The van der Waals surface area contributed by atoms with Crippen molar-refractivity contribution in [3.8, 4) is 5.75 Å². The molecule has 1 aliphatic rings. The number of benzene rings is 1. The van der Waals surface area contributed by atoms with Crippen LogP contribution in [0.2, 0.25) is 0 Å². The molecular weight excluding hydrogens is 245 g/mol. The third-order valence-electron chi connectivity index (χ3n) is 3.71. The molecule has 1 aromatic carbocycles. The highest BCUT2D eigenvalue weighted by Gasteiger charge is 2.21. The van der Waals surface area contributed by atoms with Gasteiger partial charge in [0.25, 0.3) is 0 Å². The first kappa shape index (κ1) is 14.3. The third-order valence-corrected chi connectivity index (χ3v) is 3.71. The van der Waals surface area contributed by atoms with Crippen LogP contribution < -0.4 is 10.1 Å². The van der Waals surface area contributed by atoms with Crippen LogP contribution in [0.3, 0.4) is 0 Å². The van der Waals surface area contributed by atoms with E-state index in [2.05, 4.69) is 5.32 Å². The maximum Gasteiger partial charge on any atom is 0.168 e. The van der Waals surface area contributed by atoms with Gasteiger partial charge in [-0.3, -0.25) is 0 Å². The number of hydrogen-bond donors (Lipinski definition) is 1. The van der Waals surface area contributed by atoms with Crippen LogP contribution in [0, 0.1) is 5.82 Å². The first-order valence-corrected chi connectivity index (χ1v) is 6.84. The Balaban J connectivity index is 2.01. The zero-order valence-corrected chi connectivity index (χ0v) is 11.6. The van der Waals surface area contributed by atoms with Gasteiger partial charge in [0, 0.05) is 12.6 Å². The lowest BCUT2D eigenvalue weighted by molar-refractivity contribution is 0.0953. The Bertz CT molecular complexity index is 405. The Morgan fingerprint density at radius 3 is 3.00 bits per heavy atom. The molecule has 1 aromatic rings. The fraction of sp³-hybridized carbons (Fsp3) is 0.600. The fourth-order valence-corrected chi connectivity index (χ4v) is 2.59. The molecule has 106 valence electrons. The number of hydrogen-bond acceptors (Lipinski definition) is 3. The number of halogens is 1. The molecule has 0 aliphatic carbocycles. The molecule has 2 unspecified atom stereocenters. The van der Waals surface area contributed by atoms with E-state index in [4.69, 9.17) is 9.47 Å². The number of methoxy groups -OCH3 is 1. The molecule has 1 saturated heterocycles. The largest absolute Gasteiger partial charge is 0.494 e. The van der Waals surface area contributed by atoms with Gasteiger partial charge in [0.15, 0.2) is 11.6 Å². The molecule has 2 atom stereocenters. The molecule has 19 heavy (non-hydrogen) atoms. The van der Waals surface area contributed by atoms with Crippen LogP contribution in [0.5, 0.6) is 5.75 Å². The lowest BCUT2D eigenvalue weighted by Crippen LogP contribution is -2.32. The predicted octanol–water partition coefficient (Wildman–Crippen LogP) is 2.53. The van der Waals surface area contributed by atoms with Gasteiger partial charge in [0.2, 0.25) is 0 Å². The topological polar surface area (TPSA) is 30.5 Å². The van der Waals surface area contributed by atoms with Crippen molar-refractivity contribution in [1.82, 2.24) is 5.32 Å². The van der Waals surface area contributed by atoms with Gasteiger partial charge in [-0.05, 0) is 44.4 Å². The molecule has 4 heteroatoms. The van der Waals surface area contributed by atoms with Crippen LogP contribution in [0.4, 0.5) is 4.39 Å². The molecule has 3 nitrogen and oxygen atoms in total. The summed E-state index contributed by atoms with van der Waals surface area (Å²) in [7, 11) is 3.40. The Labute approximate surface area is 114 Å². The van der Waals surface area contributed by atoms with Crippen molar-refractivity contribution in [3.63, 3.8) is 0 Å². The highest BCUT2D eigenvalue weighted by atomic mass is 19.1. The second-order valence-corrected chi connectivity index (χ2v) is 4.99. The van der Waals surface area contributed by atoms with Crippen LogP contribution >= 0.6 is 0 Å². The second-order valence-electron chi connectivity index (χ2n) is 4.99. The molecular formula is C15H22FNO2. The van der Waals surface area contributed by atoms with Crippen molar-refractivity contribution in [3.05, 3.63) is 29.6 Å². The van der Waals surface area contributed by atoms with Crippen molar-refractivity contribution >= 4 is 0 Å². The van der Waals surface area contributed by atoms with Gasteiger partial charge in [-0.25, -0.2) is 4.39 Å². The molecule has 0 bridgehead atoms. The summed E-state index contributed by atoms with van der Waals surface area (Å²) in [5.74, 6) is 0.0575. The number of rotatable bonds is 6. The molecule has 0 amide bonds. The van der Waals surface area contributed by atoms with E-state index in [0.29, 0.717) is 23.8 Å². The van der Waals surface area contributed by atoms with Crippen LogP contribution in [-0.4, -0.2) is 32.9 Å². The molecule has 0 saturated carbocycles. The Kier molecular flexibility index (Phi) is 5.16. The van der Waals surface area contributed by atoms with Crippen molar-refractivity contribution in [2.45, 2.75) is 37.8 Å². The minimum absolute atomic E-state index is 0.227. The molecule has 0 radical (unpaired) electrons. The Hall–Kier alpha value is -1.13. The lowest BCUT2D eigenvalue weighted by Gasteiger charge is -2.20. The zero-order valence-electron chi connectivity index (χ0n) is 11.6. The summed E-state index contributed by atoms with van der Waals surface area (Å²) < 4.78 is 24.8. The van der Waals surface area contributed by atoms with Gasteiger partial charge in [-0.1, -0.05) is 12.1 Å². The van der Waals surface area contributed by atoms with Crippen LogP contribution in [0.25, 0.3) is 0 Å². The number of ether oxygens (including phenoxy) is 2. The average Bonchev–Trinajstić information content (AvgIpc) is 2.93. The molecule has 1 N–H and O–H groups in total. The van der Waals surface area contributed by atoms with Gasteiger partial charge < -0.3 is 14.8 Å². The fourth-order valence-electron chi connectivity index (χ4n) is 2.59. The summed E-state index contributed by atoms with van der Waals surface area (Å²) >= 11 is 0. The summed E-state index contributed by atoms with van der Waals surface area (Å²) in [6.45, 7) is 0.856. The standard InChI is InChI=1S/C15H22FNO2/c1-17-12(10-13-6-4-8-19-13)9-11-5-3-7-14(18-2)15(11)16/h3,5,7,12-13,17H,4,6,8-10H2,1-2H3. The van der Waals surface area contributed by atoms with E-state index in [1.807, 2.05) is 19.2 Å². The quantitative estimate of drug-likeness (QED) is 0.859. The molecule has 1 heterocycles. The first-order chi connectivity index (χ1) is 9.24. The lowest BCUT2D eigenvalue weighted by atomic mass is 9.99. The van der Waals surface area contributed by atoms with Crippen molar-refractivity contribution in [1.29, 1.82) is 0 Å². The Morgan fingerprint density at radius 1 is 1.53 bits per heavy atom.